The number of carbonyl (C=O) groups is 1. The molecule has 1 aliphatic heterocycles. The molecule has 2 heterocycles. The second-order valence-corrected chi connectivity index (χ2v) is 8.15. The second-order valence-electron chi connectivity index (χ2n) is 7.71. The van der Waals surface area contributed by atoms with Crippen LogP contribution in [-0.4, -0.2) is 27.9 Å². The summed E-state index contributed by atoms with van der Waals surface area (Å²) in [6.07, 6.45) is 0.321. The lowest BCUT2D eigenvalue weighted by Gasteiger charge is -2.33. The largest absolute Gasteiger partial charge is 0.410 e. The summed E-state index contributed by atoms with van der Waals surface area (Å²) in [5.41, 5.74) is 0.702. The number of anilines is 1. The van der Waals surface area contributed by atoms with Crippen molar-refractivity contribution in [1.29, 1.82) is 0 Å². The third-order valence-electron chi connectivity index (χ3n) is 5.64. The highest BCUT2D eigenvalue weighted by molar-refractivity contribution is 6.30. The maximum absolute atomic E-state index is 13.7. The zero-order valence-electron chi connectivity index (χ0n) is 15.7. The lowest BCUT2D eigenvalue weighted by molar-refractivity contribution is -0.173. The number of halogens is 4. The molecule has 2 aliphatic rings. The van der Waals surface area contributed by atoms with Crippen molar-refractivity contribution < 1.29 is 18.0 Å². The van der Waals surface area contributed by atoms with Crippen molar-refractivity contribution in [2.24, 2.45) is 0 Å². The molecule has 2 atom stereocenters. The first kappa shape index (κ1) is 20.1. The second kappa shape index (κ2) is 7.89. The lowest BCUT2D eigenvalue weighted by Crippen LogP contribution is -2.37. The van der Waals surface area contributed by atoms with Gasteiger partial charge in [0.1, 0.15) is 5.82 Å². The Morgan fingerprint density at radius 2 is 1.86 bits per heavy atom. The molecule has 1 fully saturated rings. The fraction of sp³-hybridized carbons (Fsp3) is 0.500. The van der Waals surface area contributed by atoms with Gasteiger partial charge in [0.05, 0.1) is 6.04 Å². The van der Waals surface area contributed by atoms with Gasteiger partial charge >= 0.3 is 6.18 Å². The number of aromatic nitrogens is 2. The molecular weight excluding hydrogens is 405 g/mol. The van der Waals surface area contributed by atoms with E-state index in [0.29, 0.717) is 10.6 Å². The van der Waals surface area contributed by atoms with Gasteiger partial charge in [0.15, 0.2) is 11.7 Å². The molecule has 29 heavy (non-hydrogen) atoms. The monoisotopic (exact) mass is 426 g/mol. The normalized spacial score (nSPS) is 22.6. The molecule has 156 valence electrons. The van der Waals surface area contributed by atoms with Crippen LogP contribution < -0.4 is 10.6 Å². The number of carbonyl (C=O) groups excluding carboxylic acids is 1. The van der Waals surface area contributed by atoms with Crippen LogP contribution in [0.15, 0.2) is 30.3 Å². The predicted molar refractivity (Wildman–Crippen MR) is 104 cm³/mol. The number of benzene rings is 1. The van der Waals surface area contributed by atoms with Gasteiger partial charge in [-0.15, -0.1) is 0 Å². The minimum atomic E-state index is -4.48. The van der Waals surface area contributed by atoms with E-state index >= 15 is 0 Å². The standard InChI is InChI=1S/C20H22ClF3N4O/c21-13-8-6-12(7-9-13)15-10-17(20(22,23)24)28-18(26-15)11-16(27-28)19(29)25-14-4-2-1-3-5-14/h6-9,11,14-15,17,26H,1-5,10H2,(H,25,29)/t15-,17-/m0/s1. The highest BCUT2D eigenvalue weighted by atomic mass is 35.5. The number of hydrogen-bond acceptors (Lipinski definition) is 3. The molecule has 0 bridgehead atoms. The first-order valence-corrected chi connectivity index (χ1v) is 10.2. The molecule has 1 saturated carbocycles. The third-order valence-corrected chi connectivity index (χ3v) is 5.89. The number of hydrogen-bond donors (Lipinski definition) is 2. The Balaban J connectivity index is 1.59. The van der Waals surface area contributed by atoms with Crippen molar-refractivity contribution >= 4 is 23.3 Å². The van der Waals surface area contributed by atoms with Crippen molar-refractivity contribution in [2.45, 2.75) is 62.8 Å². The number of alkyl halides is 3. The summed E-state index contributed by atoms with van der Waals surface area (Å²) >= 11 is 5.89. The van der Waals surface area contributed by atoms with Crippen LogP contribution in [0.5, 0.6) is 0 Å². The molecule has 1 aliphatic carbocycles. The van der Waals surface area contributed by atoms with Gasteiger partial charge in [0.2, 0.25) is 0 Å². The first-order chi connectivity index (χ1) is 13.8. The summed E-state index contributed by atoms with van der Waals surface area (Å²) in [5, 5.41) is 10.5. The minimum Gasteiger partial charge on any atom is -0.363 e. The molecule has 1 amide bonds. The summed E-state index contributed by atoms with van der Waals surface area (Å²) in [6.45, 7) is 0. The van der Waals surface area contributed by atoms with Crippen LogP contribution in [0.1, 0.15) is 66.7 Å². The van der Waals surface area contributed by atoms with Crippen LogP contribution in [0, 0.1) is 0 Å². The highest BCUT2D eigenvalue weighted by Crippen LogP contribution is 2.43. The van der Waals surface area contributed by atoms with E-state index in [4.69, 9.17) is 11.6 Å². The van der Waals surface area contributed by atoms with E-state index in [9.17, 15) is 18.0 Å². The number of nitrogens with one attached hydrogen (secondary N) is 2. The Bertz CT molecular complexity index is 875. The molecule has 0 saturated heterocycles. The lowest BCUT2D eigenvalue weighted by atomic mass is 9.95. The van der Waals surface area contributed by atoms with Gasteiger partial charge in [-0.3, -0.25) is 4.79 Å². The molecule has 0 radical (unpaired) electrons. The molecule has 9 heteroatoms. The minimum absolute atomic E-state index is 0.00378. The Kier molecular flexibility index (Phi) is 5.46. The van der Waals surface area contributed by atoms with Gasteiger partial charge in [0.25, 0.3) is 5.91 Å². The fourth-order valence-electron chi connectivity index (χ4n) is 4.10. The molecule has 2 aromatic rings. The quantitative estimate of drug-likeness (QED) is 0.703. The van der Waals surface area contributed by atoms with Crippen molar-refractivity contribution in [3.8, 4) is 0 Å². The van der Waals surface area contributed by atoms with Crippen molar-refractivity contribution in [3.05, 3.63) is 46.6 Å². The van der Waals surface area contributed by atoms with Crippen LogP contribution in [0.3, 0.4) is 0 Å². The van der Waals surface area contributed by atoms with Crippen LogP contribution in [0.25, 0.3) is 0 Å². The van der Waals surface area contributed by atoms with Crippen LogP contribution in [0.2, 0.25) is 5.02 Å². The van der Waals surface area contributed by atoms with E-state index in [1.54, 1.807) is 24.3 Å². The Hall–Kier alpha value is -2.22. The molecule has 4 rings (SSSR count). The molecule has 1 aromatic carbocycles. The molecule has 0 spiro atoms. The summed E-state index contributed by atoms with van der Waals surface area (Å²) in [6, 6.07) is 5.80. The zero-order valence-corrected chi connectivity index (χ0v) is 16.4. The fourth-order valence-corrected chi connectivity index (χ4v) is 4.23. The number of fused-ring (bicyclic) bond motifs is 1. The van der Waals surface area contributed by atoms with Gasteiger partial charge in [-0.05, 0) is 30.5 Å². The van der Waals surface area contributed by atoms with Crippen LogP contribution >= 0.6 is 11.6 Å². The van der Waals surface area contributed by atoms with E-state index in [0.717, 1.165) is 36.8 Å². The van der Waals surface area contributed by atoms with Crippen molar-refractivity contribution in [1.82, 2.24) is 15.1 Å². The van der Waals surface area contributed by atoms with Gasteiger partial charge in [-0.25, -0.2) is 4.68 Å². The number of amides is 1. The number of nitrogens with zero attached hydrogens (tertiary/aromatic N) is 2. The molecule has 5 nitrogen and oxygen atoms in total. The maximum Gasteiger partial charge on any atom is 0.410 e. The molecular formula is C20H22ClF3N4O. The van der Waals surface area contributed by atoms with Gasteiger partial charge in [0, 0.05) is 23.6 Å². The van der Waals surface area contributed by atoms with Gasteiger partial charge in [-0.2, -0.15) is 18.3 Å². The molecule has 0 unspecified atom stereocenters. The Morgan fingerprint density at radius 1 is 1.17 bits per heavy atom. The molecule has 1 aromatic heterocycles. The smallest absolute Gasteiger partial charge is 0.363 e. The van der Waals surface area contributed by atoms with E-state index in [1.165, 1.54) is 6.07 Å². The van der Waals surface area contributed by atoms with Gasteiger partial charge < -0.3 is 10.6 Å². The topological polar surface area (TPSA) is 59.0 Å². The van der Waals surface area contributed by atoms with Crippen LogP contribution in [-0.2, 0) is 0 Å². The van der Waals surface area contributed by atoms with Crippen molar-refractivity contribution in [3.63, 3.8) is 0 Å². The Morgan fingerprint density at radius 3 is 2.52 bits per heavy atom. The molecule has 2 N–H and O–H groups in total. The first-order valence-electron chi connectivity index (χ1n) is 9.80. The maximum atomic E-state index is 13.7. The number of rotatable bonds is 3. The summed E-state index contributed by atoms with van der Waals surface area (Å²) in [4.78, 5) is 12.6. The third kappa shape index (κ3) is 4.37. The summed E-state index contributed by atoms with van der Waals surface area (Å²) in [7, 11) is 0. The summed E-state index contributed by atoms with van der Waals surface area (Å²) < 4.78 is 42.1. The van der Waals surface area contributed by atoms with Gasteiger partial charge in [-0.1, -0.05) is 43.0 Å². The highest BCUT2D eigenvalue weighted by Gasteiger charge is 2.46. The summed E-state index contributed by atoms with van der Waals surface area (Å²) in [5.74, 6) is -0.239. The van der Waals surface area contributed by atoms with Crippen molar-refractivity contribution in [2.75, 3.05) is 5.32 Å². The van der Waals surface area contributed by atoms with E-state index < -0.39 is 24.2 Å². The van der Waals surface area contributed by atoms with E-state index in [2.05, 4.69) is 15.7 Å². The predicted octanol–water partition coefficient (Wildman–Crippen LogP) is 5.26. The average molecular weight is 427 g/mol. The Labute approximate surface area is 171 Å². The van der Waals surface area contributed by atoms with E-state index in [1.807, 2.05) is 0 Å². The van der Waals surface area contributed by atoms with E-state index in [-0.39, 0.29) is 24.0 Å². The van der Waals surface area contributed by atoms with Crippen LogP contribution in [0.4, 0.5) is 19.0 Å². The average Bonchev–Trinajstić information content (AvgIpc) is 3.12. The SMILES string of the molecule is O=C(NC1CCCCC1)c1cc2n(n1)[C@H](C(F)(F)F)C[C@@H](c1ccc(Cl)cc1)N2. The zero-order chi connectivity index (χ0) is 20.6.